The van der Waals surface area contributed by atoms with Crippen LogP contribution in [0.4, 0.5) is 0 Å². The number of nitriles is 1. The zero-order valence-corrected chi connectivity index (χ0v) is 10.8. The van der Waals surface area contributed by atoms with Crippen LogP contribution < -0.4 is 14.8 Å². The Morgan fingerprint density at radius 3 is 2.11 bits per heavy atom. The summed E-state index contributed by atoms with van der Waals surface area (Å²) in [6, 6.07) is 8.20. The number of piperidine rings is 1. The summed E-state index contributed by atoms with van der Waals surface area (Å²) in [5.74, 6) is 1.47. The molecule has 4 heteroatoms. The van der Waals surface area contributed by atoms with Crippen molar-refractivity contribution in [2.24, 2.45) is 0 Å². The van der Waals surface area contributed by atoms with Gasteiger partial charge in [-0.05, 0) is 43.6 Å². The van der Waals surface area contributed by atoms with Gasteiger partial charge < -0.3 is 14.8 Å². The van der Waals surface area contributed by atoms with Gasteiger partial charge in [-0.2, -0.15) is 5.26 Å². The molecule has 18 heavy (non-hydrogen) atoms. The van der Waals surface area contributed by atoms with E-state index in [2.05, 4.69) is 11.4 Å². The molecule has 2 rings (SSSR count). The molecule has 0 atom stereocenters. The highest BCUT2D eigenvalue weighted by atomic mass is 16.5. The molecule has 0 radical (unpaired) electrons. The van der Waals surface area contributed by atoms with Crippen LogP contribution in [0.15, 0.2) is 18.2 Å². The van der Waals surface area contributed by atoms with Crippen molar-refractivity contribution < 1.29 is 9.47 Å². The fourth-order valence-electron chi connectivity index (χ4n) is 2.40. The lowest BCUT2D eigenvalue weighted by atomic mass is 9.74. The van der Waals surface area contributed by atoms with Crippen molar-refractivity contribution in [1.82, 2.24) is 5.32 Å². The Hall–Kier alpha value is -1.73. The Labute approximate surface area is 108 Å². The first-order valence-electron chi connectivity index (χ1n) is 6.09. The van der Waals surface area contributed by atoms with E-state index in [0.29, 0.717) is 0 Å². The Morgan fingerprint density at radius 2 is 1.67 bits per heavy atom. The second-order valence-corrected chi connectivity index (χ2v) is 4.55. The predicted molar refractivity (Wildman–Crippen MR) is 68.9 cm³/mol. The highest BCUT2D eigenvalue weighted by Gasteiger charge is 2.34. The van der Waals surface area contributed by atoms with Crippen LogP contribution in [0.1, 0.15) is 18.4 Å². The summed E-state index contributed by atoms with van der Waals surface area (Å²) in [5, 5.41) is 12.8. The van der Waals surface area contributed by atoms with Gasteiger partial charge in [0.05, 0.1) is 25.7 Å². The van der Waals surface area contributed by atoms with Crippen LogP contribution in [0.2, 0.25) is 0 Å². The van der Waals surface area contributed by atoms with Gasteiger partial charge in [0, 0.05) is 6.07 Å². The van der Waals surface area contributed by atoms with Gasteiger partial charge >= 0.3 is 0 Å². The normalized spacial score (nSPS) is 17.8. The van der Waals surface area contributed by atoms with Gasteiger partial charge in [-0.1, -0.05) is 0 Å². The van der Waals surface area contributed by atoms with Crippen LogP contribution in [0.25, 0.3) is 0 Å². The number of rotatable bonds is 3. The van der Waals surface area contributed by atoms with Crippen molar-refractivity contribution in [1.29, 1.82) is 5.26 Å². The predicted octanol–water partition coefficient (Wildman–Crippen LogP) is 1.85. The lowest BCUT2D eigenvalue weighted by Gasteiger charge is -2.32. The molecule has 1 fully saturated rings. The van der Waals surface area contributed by atoms with Crippen molar-refractivity contribution >= 4 is 0 Å². The van der Waals surface area contributed by atoms with Crippen molar-refractivity contribution in [3.63, 3.8) is 0 Å². The van der Waals surface area contributed by atoms with E-state index in [-0.39, 0.29) is 0 Å². The quantitative estimate of drug-likeness (QED) is 0.884. The fraction of sp³-hybridized carbons (Fsp3) is 0.500. The summed E-state index contributed by atoms with van der Waals surface area (Å²) in [7, 11) is 3.25. The molecule has 1 aliphatic heterocycles. The topological polar surface area (TPSA) is 54.3 Å². The van der Waals surface area contributed by atoms with Gasteiger partial charge in [-0.25, -0.2) is 0 Å². The molecule has 1 aromatic carbocycles. The van der Waals surface area contributed by atoms with E-state index in [1.54, 1.807) is 14.2 Å². The minimum Gasteiger partial charge on any atom is -0.497 e. The molecule has 1 aliphatic rings. The van der Waals surface area contributed by atoms with Crippen LogP contribution in [0.5, 0.6) is 11.5 Å². The van der Waals surface area contributed by atoms with E-state index in [1.807, 2.05) is 18.2 Å². The van der Waals surface area contributed by atoms with E-state index in [1.165, 1.54) is 0 Å². The molecule has 1 saturated heterocycles. The molecule has 96 valence electrons. The molecule has 0 bridgehead atoms. The third-order valence-corrected chi connectivity index (χ3v) is 3.58. The van der Waals surface area contributed by atoms with Gasteiger partial charge in [0.25, 0.3) is 0 Å². The Morgan fingerprint density at radius 1 is 1.11 bits per heavy atom. The average Bonchev–Trinajstić information content (AvgIpc) is 2.47. The molecule has 0 aromatic heterocycles. The summed E-state index contributed by atoms with van der Waals surface area (Å²) in [6.07, 6.45) is 1.64. The zero-order valence-electron chi connectivity index (χ0n) is 10.8. The number of nitrogens with one attached hydrogen (secondary N) is 1. The first-order valence-corrected chi connectivity index (χ1v) is 6.09. The minimum absolute atomic E-state index is 0.424. The Kier molecular flexibility index (Phi) is 3.73. The molecular formula is C14H18N2O2. The first-order chi connectivity index (χ1) is 8.74. The second-order valence-electron chi connectivity index (χ2n) is 4.55. The van der Waals surface area contributed by atoms with Crippen molar-refractivity contribution in [3.8, 4) is 17.6 Å². The summed E-state index contributed by atoms with van der Waals surface area (Å²) in [6.45, 7) is 1.74. The Bertz CT molecular complexity index is 437. The zero-order chi connectivity index (χ0) is 13.0. The van der Waals surface area contributed by atoms with E-state index >= 15 is 0 Å². The van der Waals surface area contributed by atoms with E-state index < -0.39 is 5.41 Å². The average molecular weight is 246 g/mol. The van der Waals surface area contributed by atoms with Crippen LogP contribution >= 0.6 is 0 Å². The monoisotopic (exact) mass is 246 g/mol. The second kappa shape index (κ2) is 5.28. The number of nitrogens with zero attached hydrogens (tertiary/aromatic N) is 1. The largest absolute Gasteiger partial charge is 0.497 e. The molecule has 1 aromatic rings. The van der Waals surface area contributed by atoms with Gasteiger partial charge in [-0.3, -0.25) is 0 Å². The number of hydrogen-bond acceptors (Lipinski definition) is 4. The molecule has 0 aliphatic carbocycles. The number of methoxy groups -OCH3 is 2. The SMILES string of the molecule is COc1cc(OC)cc(C2(C#N)CCNCC2)c1. The maximum atomic E-state index is 9.56. The molecule has 1 heterocycles. The molecule has 4 nitrogen and oxygen atoms in total. The highest BCUT2D eigenvalue weighted by Crippen LogP contribution is 2.36. The van der Waals surface area contributed by atoms with E-state index in [4.69, 9.17) is 9.47 Å². The standard InChI is InChI=1S/C14H18N2O2/c1-17-12-7-11(8-13(9-12)18-2)14(10-15)3-5-16-6-4-14/h7-9,16H,3-6H2,1-2H3. The summed E-state index contributed by atoms with van der Waals surface area (Å²) in [4.78, 5) is 0. The van der Waals surface area contributed by atoms with Crippen LogP contribution in [0.3, 0.4) is 0 Å². The van der Waals surface area contributed by atoms with Gasteiger partial charge in [-0.15, -0.1) is 0 Å². The van der Waals surface area contributed by atoms with Crippen LogP contribution in [-0.2, 0) is 5.41 Å². The van der Waals surface area contributed by atoms with Crippen molar-refractivity contribution in [2.45, 2.75) is 18.3 Å². The molecule has 0 saturated carbocycles. The lowest BCUT2D eigenvalue weighted by molar-refractivity contribution is 0.368. The first kappa shape index (κ1) is 12.7. The molecule has 0 unspecified atom stereocenters. The van der Waals surface area contributed by atoms with Gasteiger partial charge in [0.15, 0.2) is 0 Å². The number of hydrogen-bond donors (Lipinski definition) is 1. The van der Waals surface area contributed by atoms with Crippen LogP contribution in [0, 0.1) is 11.3 Å². The van der Waals surface area contributed by atoms with Crippen LogP contribution in [-0.4, -0.2) is 27.3 Å². The van der Waals surface area contributed by atoms with Gasteiger partial charge in [0.2, 0.25) is 0 Å². The molecular weight excluding hydrogens is 228 g/mol. The maximum absolute atomic E-state index is 9.56. The fourth-order valence-corrected chi connectivity index (χ4v) is 2.40. The summed E-state index contributed by atoms with van der Waals surface area (Å²) < 4.78 is 10.5. The minimum atomic E-state index is -0.424. The summed E-state index contributed by atoms with van der Waals surface area (Å²) in [5.41, 5.74) is 0.565. The number of benzene rings is 1. The van der Waals surface area contributed by atoms with Crippen molar-refractivity contribution in [3.05, 3.63) is 23.8 Å². The maximum Gasteiger partial charge on any atom is 0.122 e. The highest BCUT2D eigenvalue weighted by molar-refractivity contribution is 5.45. The number of ether oxygens (including phenoxy) is 2. The van der Waals surface area contributed by atoms with E-state index in [0.717, 1.165) is 43.0 Å². The third-order valence-electron chi connectivity index (χ3n) is 3.58. The smallest absolute Gasteiger partial charge is 0.122 e. The van der Waals surface area contributed by atoms with Crippen molar-refractivity contribution in [2.75, 3.05) is 27.3 Å². The molecule has 0 amide bonds. The molecule has 0 spiro atoms. The summed E-state index contributed by atoms with van der Waals surface area (Å²) >= 11 is 0. The molecule has 1 N–H and O–H groups in total. The third kappa shape index (κ3) is 2.27. The van der Waals surface area contributed by atoms with E-state index in [9.17, 15) is 5.26 Å². The van der Waals surface area contributed by atoms with Gasteiger partial charge in [0.1, 0.15) is 11.5 Å². The lowest BCUT2D eigenvalue weighted by Crippen LogP contribution is -2.38. The Balaban J connectivity index is 2.44.